The zero-order chi connectivity index (χ0) is 12.3. The highest BCUT2D eigenvalue weighted by Gasteiger charge is 2.40. The highest BCUT2D eigenvalue weighted by Crippen LogP contribution is 2.19. The third kappa shape index (κ3) is 3.49. The Morgan fingerprint density at radius 2 is 2.12 bits per heavy atom. The Balaban J connectivity index is 2.51. The standard InChI is InChI=1S/C8H15NO6S/c1-8(2,16(12)13)6(7(10)11)9-4-3-5-14-15-5/h5-6,9H,3-4H2,1-2H3,(H,10,11)(H,12,13)/t6-/m0/s1. The molecule has 0 bridgehead atoms. The van der Waals surface area contributed by atoms with Crippen LogP contribution < -0.4 is 5.32 Å². The molecule has 8 heteroatoms. The molecule has 3 N–H and O–H groups in total. The van der Waals surface area contributed by atoms with Crippen LogP contribution in [0.15, 0.2) is 0 Å². The number of nitrogens with one attached hydrogen (secondary N) is 1. The van der Waals surface area contributed by atoms with Crippen molar-refractivity contribution in [1.29, 1.82) is 0 Å². The van der Waals surface area contributed by atoms with Gasteiger partial charge in [-0.15, -0.1) is 0 Å². The average molecular weight is 253 g/mol. The monoisotopic (exact) mass is 253 g/mol. The van der Waals surface area contributed by atoms with Crippen LogP contribution in [0, 0.1) is 0 Å². The first-order valence-corrected chi connectivity index (χ1v) is 5.85. The maximum Gasteiger partial charge on any atom is 0.322 e. The molecule has 0 radical (unpaired) electrons. The predicted molar refractivity (Wildman–Crippen MR) is 54.9 cm³/mol. The molecule has 1 aliphatic rings. The number of hydrogen-bond donors (Lipinski definition) is 3. The van der Waals surface area contributed by atoms with E-state index in [9.17, 15) is 9.00 Å². The Morgan fingerprint density at radius 3 is 2.50 bits per heavy atom. The molecule has 0 aliphatic carbocycles. The van der Waals surface area contributed by atoms with E-state index in [4.69, 9.17) is 9.66 Å². The fourth-order valence-electron chi connectivity index (χ4n) is 1.21. The van der Waals surface area contributed by atoms with Crippen molar-refractivity contribution < 1.29 is 28.4 Å². The van der Waals surface area contributed by atoms with Crippen molar-refractivity contribution in [3.63, 3.8) is 0 Å². The van der Waals surface area contributed by atoms with Crippen LogP contribution in [0.3, 0.4) is 0 Å². The van der Waals surface area contributed by atoms with Crippen LogP contribution in [-0.4, -0.2) is 43.5 Å². The van der Waals surface area contributed by atoms with E-state index in [2.05, 4.69) is 15.1 Å². The van der Waals surface area contributed by atoms with Crippen molar-refractivity contribution in [1.82, 2.24) is 5.32 Å². The highest BCUT2D eigenvalue weighted by molar-refractivity contribution is 7.80. The summed E-state index contributed by atoms with van der Waals surface area (Å²) < 4.78 is 18.8. The van der Waals surface area contributed by atoms with Gasteiger partial charge in [-0.1, -0.05) is 0 Å². The van der Waals surface area contributed by atoms with Crippen molar-refractivity contribution in [2.24, 2.45) is 0 Å². The fraction of sp³-hybridized carbons (Fsp3) is 0.875. The van der Waals surface area contributed by atoms with E-state index in [1.54, 1.807) is 0 Å². The molecular weight excluding hydrogens is 238 g/mol. The van der Waals surface area contributed by atoms with Gasteiger partial charge in [0.15, 0.2) is 11.1 Å². The smallest absolute Gasteiger partial charge is 0.322 e. The summed E-state index contributed by atoms with van der Waals surface area (Å²) in [6, 6.07) is -1.10. The van der Waals surface area contributed by atoms with Gasteiger partial charge < -0.3 is 15.0 Å². The zero-order valence-corrected chi connectivity index (χ0v) is 9.82. The quantitative estimate of drug-likeness (QED) is 0.324. The molecule has 0 saturated carbocycles. The summed E-state index contributed by atoms with van der Waals surface area (Å²) in [5.74, 6) is -1.16. The molecule has 0 aromatic rings. The summed E-state index contributed by atoms with van der Waals surface area (Å²) >= 11 is -2.23. The topological polar surface area (TPSA) is 112 Å². The summed E-state index contributed by atoms with van der Waals surface area (Å²) in [5.41, 5.74) is 0. The molecule has 1 aliphatic heterocycles. The first-order chi connectivity index (χ1) is 7.35. The second-order valence-electron chi connectivity index (χ2n) is 3.99. The number of carboxylic acid groups (broad SMARTS) is 1. The van der Waals surface area contributed by atoms with E-state index in [0.29, 0.717) is 13.0 Å². The van der Waals surface area contributed by atoms with Gasteiger partial charge in [0, 0.05) is 13.0 Å². The number of rotatable bonds is 7. The molecule has 16 heavy (non-hydrogen) atoms. The molecule has 1 heterocycles. The molecule has 7 nitrogen and oxygen atoms in total. The Hall–Kier alpha value is -0.540. The minimum absolute atomic E-state index is 0.287. The average Bonchev–Trinajstić information content (AvgIpc) is 2.94. The van der Waals surface area contributed by atoms with Gasteiger partial charge in [0.2, 0.25) is 6.29 Å². The van der Waals surface area contributed by atoms with E-state index in [1.807, 2.05) is 0 Å². The van der Waals surface area contributed by atoms with Crippen LogP contribution in [0.5, 0.6) is 0 Å². The van der Waals surface area contributed by atoms with Crippen molar-refractivity contribution in [3.05, 3.63) is 0 Å². The minimum Gasteiger partial charge on any atom is -0.480 e. The number of carbonyl (C=O) groups is 1. The molecule has 0 aromatic heterocycles. The Labute approximate surface area is 95.3 Å². The summed E-state index contributed by atoms with van der Waals surface area (Å²) in [4.78, 5) is 19.9. The summed E-state index contributed by atoms with van der Waals surface area (Å²) in [7, 11) is 0. The lowest BCUT2D eigenvalue weighted by Gasteiger charge is -2.28. The van der Waals surface area contributed by atoms with Gasteiger partial charge >= 0.3 is 5.97 Å². The molecule has 0 amide bonds. The normalized spacial score (nSPS) is 20.4. The van der Waals surface area contributed by atoms with E-state index in [-0.39, 0.29) is 6.29 Å². The Bertz CT molecular complexity index is 290. The number of aliphatic carboxylic acids is 1. The van der Waals surface area contributed by atoms with Crippen molar-refractivity contribution in [3.8, 4) is 0 Å². The molecule has 0 aromatic carbocycles. The van der Waals surface area contributed by atoms with Crippen LogP contribution in [-0.2, 0) is 25.7 Å². The maximum atomic E-state index is 11.0. The molecule has 1 unspecified atom stereocenters. The van der Waals surface area contributed by atoms with Crippen LogP contribution >= 0.6 is 0 Å². The van der Waals surface area contributed by atoms with Crippen LogP contribution in [0.25, 0.3) is 0 Å². The molecule has 1 fully saturated rings. The van der Waals surface area contributed by atoms with E-state index < -0.39 is 27.8 Å². The van der Waals surface area contributed by atoms with Gasteiger partial charge in [0.25, 0.3) is 0 Å². The minimum atomic E-state index is -2.23. The maximum absolute atomic E-state index is 11.0. The predicted octanol–water partition coefficient (Wildman–Crippen LogP) is -0.292. The molecule has 0 spiro atoms. The Kier molecular flexibility index (Phi) is 4.39. The SMILES string of the molecule is CC(C)([C@@H](NCCC1OO1)C(=O)O)S(=O)O. The summed E-state index contributed by atoms with van der Waals surface area (Å²) in [6.45, 7) is 3.17. The van der Waals surface area contributed by atoms with Crippen molar-refractivity contribution in [2.75, 3.05) is 6.54 Å². The van der Waals surface area contributed by atoms with Gasteiger partial charge in [-0.3, -0.25) is 4.79 Å². The largest absolute Gasteiger partial charge is 0.480 e. The van der Waals surface area contributed by atoms with Gasteiger partial charge in [-0.25, -0.2) is 4.21 Å². The molecular formula is C8H15NO6S. The first-order valence-electron chi connectivity index (χ1n) is 4.75. The summed E-state index contributed by atoms with van der Waals surface area (Å²) in [5, 5.41) is 11.7. The lowest BCUT2D eigenvalue weighted by molar-refractivity contribution is -0.140. The van der Waals surface area contributed by atoms with Gasteiger partial charge in [-0.05, 0) is 13.8 Å². The lowest BCUT2D eigenvalue weighted by Crippen LogP contribution is -2.54. The zero-order valence-electron chi connectivity index (χ0n) is 9.00. The van der Waals surface area contributed by atoms with E-state index in [0.717, 1.165) is 0 Å². The highest BCUT2D eigenvalue weighted by atomic mass is 32.2. The van der Waals surface area contributed by atoms with Crippen LogP contribution in [0.2, 0.25) is 0 Å². The van der Waals surface area contributed by atoms with Gasteiger partial charge in [0.05, 0.1) is 4.75 Å². The molecule has 1 rings (SSSR count). The van der Waals surface area contributed by atoms with Crippen molar-refractivity contribution in [2.45, 2.75) is 37.3 Å². The van der Waals surface area contributed by atoms with E-state index >= 15 is 0 Å². The van der Waals surface area contributed by atoms with E-state index in [1.165, 1.54) is 13.8 Å². The Morgan fingerprint density at radius 1 is 1.56 bits per heavy atom. The lowest BCUT2D eigenvalue weighted by atomic mass is 10.0. The second kappa shape index (κ2) is 5.19. The first kappa shape index (κ1) is 13.5. The molecule has 94 valence electrons. The number of carboxylic acids is 1. The van der Waals surface area contributed by atoms with Crippen LogP contribution in [0.1, 0.15) is 20.3 Å². The second-order valence-corrected chi connectivity index (χ2v) is 5.54. The molecule has 1 saturated heterocycles. The number of hydrogen-bond acceptors (Lipinski definition) is 5. The third-order valence-corrected chi connectivity index (χ3v) is 3.49. The van der Waals surface area contributed by atoms with Gasteiger partial charge in [-0.2, -0.15) is 9.78 Å². The molecule has 2 atom stereocenters. The van der Waals surface area contributed by atoms with Gasteiger partial charge in [0.1, 0.15) is 6.04 Å². The van der Waals surface area contributed by atoms with Crippen LogP contribution in [0.4, 0.5) is 0 Å². The summed E-state index contributed by atoms with van der Waals surface area (Å²) in [6.07, 6.45) is 0.211. The van der Waals surface area contributed by atoms with Crippen molar-refractivity contribution >= 4 is 17.0 Å². The third-order valence-electron chi connectivity index (χ3n) is 2.35. The fourth-order valence-corrected chi connectivity index (χ4v) is 1.60.